The van der Waals surface area contributed by atoms with Crippen molar-refractivity contribution in [3.8, 4) is 17.1 Å². The van der Waals surface area contributed by atoms with Gasteiger partial charge in [0.1, 0.15) is 6.61 Å². The number of aromatic nitrogens is 2. The van der Waals surface area contributed by atoms with Gasteiger partial charge in [-0.1, -0.05) is 81.6 Å². The molecule has 3 rings (SSSR count). The van der Waals surface area contributed by atoms with Gasteiger partial charge in [-0.3, -0.25) is 0 Å². The summed E-state index contributed by atoms with van der Waals surface area (Å²) in [6, 6.07) is 17.2. The maximum Gasteiger partial charge on any atom is 0.232 e. The number of hydrogen-bond acceptors (Lipinski definition) is 3. The molecule has 0 amide bonds. The van der Waals surface area contributed by atoms with Crippen LogP contribution in [-0.2, 0) is 19.4 Å². The molecule has 0 saturated carbocycles. The molecule has 0 aliphatic carbocycles. The van der Waals surface area contributed by atoms with Crippen molar-refractivity contribution in [3.63, 3.8) is 0 Å². The van der Waals surface area contributed by atoms with E-state index in [1.165, 1.54) is 36.8 Å². The van der Waals surface area contributed by atoms with Crippen LogP contribution in [0.3, 0.4) is 0 Å². The highest BCUT2D eigenvalue weighted by Crippen LogP contribution is 2.19. The summed E-state index contributed by atoms with van der Waals surface area (Å²) < 4.78 is 5.80. The van der Waals surface area contributed by atoms with Gasteiger partial charge < -0.3 is 4.74 Å². The monoisotopic (exact) mass is 374 g/mol. The fourth-order valence-corrected chi connectivity index (χ4v) is 3.17. The Morgan fingerprint density at radius 1 is 0.714 bits per heavy atom. The summed E-state index contributed by atoms with van der Waals surface area (Å²) in [6.45, 7) is 4.91. The molecule has 3 heteroatoms. The molecule has 0 fully saturated rings. The van der Waals surface area contributed by atoms with Crippen LogP contribution >= 0.6 is 0 Å². The molecular formula is C25H30N2O. The fraction of sp³-hybridized carbons (Fsp3) is 0.360. The predicted molar refractivity (Wildman–Crippen MR) is 115 cm³/mol. The Morgan fingerprint density at radius 2 is 1.43 bits per heavy atom. The van der Waals surface area contributed by atoms with E-state index in [0.717, 1.165) is 29.7 Å². The molecule has 0 aliphatic heterocycles. The van der Waals surface area contributed by atoms with Crippen molar-refractivity contribution in [2.24, 2.45) is 0 Å². The molecule has 3 aromatic rings. The summed E-state index contributed by atoms with van der Waals surface area (Å²) in [6.07, 6.45) is 10.9. The summed E-state index contributed by atoms with van der Waals surface area (Å²) in [4.78, 5) is 8.90. The second kappa shape index (κ2) is 10.6. The SMILES string of the molecule is CCCCCCc1ccc(COc2cnc(-c3ccc(CC)cc3)cn2)cc1. The molecular weight excluding hydrogens is 344 g/mol. The van der Waals surface area contributed by atoms with Gasteiger partial charge in [0.25, 0.3) is 0 Å². The predicted octanol–water partition coefficient (Wildman–Crippen LogP) is 6.41. The van der Waals surface area contributed by atoms with E-state index in [1.54, 1.807) is 12.4 Å². The van der Waals surface area contributed by atoms with Crippen LogP contribution in [0.5, 0.6) is 5.88 Å². The number of rotatable bonds is 10. The topological polar surface area (TPSA) is 35.0 Å². The van der Waals surface area contributed by atoms with Crippen molar-refractivity contribution >= 4 is 0 Å². The summed E-state index contributed by atoms with van der Waals surface area (Å²) in [5.74, 6) is 0.553. The van der Waals surface area contributed by atoms with Crippen molar-refractivity contribution in [3.05, 3.63) is 77.6 Å². The van der Waals surface area contributed by atoms with E-state index >= 15 is 0 Å². The van der Waals surface area contributed by atoms with Crippen LogP contribution < -0.4 is 4.74 Å². The van der Waals surface area contributed by atoms with Crippen molar-refractivity contribution in [2.75, 3.05) is 0 Å². The number of unbranched alkanes of at least 4 members (excludes halogenated alkanes) is 3. The molecule has 146 valence electrons. The van der Waals surface area contributed by atoms with E-state index < -0.39 is 0 Å². The molecule has 28 heavy (non-hydrogen) atoms. The minimum Gasteiger partial charge on any atom is -0.472 e. The lowest BCUT2D eigenvalue weighted by Gasteiger charge is -2.07. The second-order valence-corrected chi connectivity index (χ2v) is 7.21. The Morgan fingerprint density at radius 3 is 2.07 bits per heavy atom. The smallest absolute Gasteiger partial charge is 0.232 e. The van der Waals surface area contributed by atoms with E-state index in [1.807, 2.05) is 0 Å². The van der Waals surface area contributed by atoms with Crippen LogP contribution in [0.4, 0.5) is 0 Å². The third-order valence-electron chi connectivity index (χ3n) is 5.01. The van der Waals surface area contributed by atoms with Crippen molar-refractivity contribution in [1.82, 2.24) is 9.97 Å². The minimum absolute atomic E-state index is 0.509. The van der Waals surface area contributed by atoms with E-state index in [4.69, 9.17) is 4.74 Å². The number of aryl methyl sites for hydroxylation is 2. The Hall–Kier alpha value is -2.68. The molecule has 0 atom stereocenters. The quantitative estimate of drug-likeness (QED) is 0.385. The van der Waals surface area contributed by atoms with Gasteiger partial charge in [-0.25, -0.2) is 9.97 Å². The molecule has 0 bridgehead atoms. The lowest BCUT2D eigenvalue weighted by molar-refractivity contribution is 0.292. The van der Waals surface area contributed by atoms with Crippen LogP contribution in [-0.4, -0.2) is 9.97 Å². The number of hydrogen-bond donors (Lipinski definition) is 0. The first-order chi connectivity index (χ1) is 13.8. The third-order valence-corrected chi connectivity index (χ3v) is 5.01. The molecule has 0 saturated heterocycles. The highest BCUT2D eigenvalue weighted by atomic mass is 16.5. The molecule has 0 aliphatic rings. The maximum atomic E-state index is 5.80. The molecule has 1 heterocycles. The largest absolute Gasteiger partial charge is 0.472 e. The second-order valence-electron chi connectivity index (χ2n) is 7.21. The lowest BCUT2D eigenvalue weighted by atomic mass is 10.0. The summed E-state index contributed by atoms with van der Waals surface area (Å²) >= 11 is 0. The zero-order chi connectivity index (χ0) is 19.6. The van der Waals surface area contributed by atoms with Crippen LogP contribution in [0, 0.1) is 0 Å². The van der Waals surface area contributed by atoms with Gasteiger partial charge in [-0.2, -0.15) is 0 Å². The van der Waals surface area contributed by atoms with Crippen LogP contribution in [0.1, 0.15) is 56.2 Å². The average molecular weight is 375 g/mol. The Balaban J connectivity index is 1.50. The molecule has 0 radical (unpaired) electrons. The van der Waals surface area contributed by atoms with Crippen molar-refractivity contribution in [1.29, 1.82) is 0 Å². The van der Waals surface area contributed by atoms with Gasteiger partial charge in [0, 0.05) is 5.56 Å². The molecule has 0 N–H and O–H groups in total. The molecule has 1 aromatic heterocycles. The number of ether oxygens (including phenoxy) is 1. The van der Waals surface area contributed by atoms with Gasteiger partial charge >= 0.3 is 0 Å². The first-order valence-electron chi connectivity index (χ1n) is 10.4. The van der Waals surface area contributed by atoms with Gasteiger partial charge in [-0.05, 0) is 36.0 Å². The van der Waals surface area contributed by atoms with E-state index in [9.17, 15) is 0 Å². The van der Waals surface area contributed by atoms with Gasteiger partial charge in [0.2, 0.25) is 5.88 Å². The number of benzene rings is 2. The van der Waals surface area contributed by atoms with E-state index in [-0.39, 0.29) is 0 Å². The van der Waals surface area contributed by atoms with Crippen molar-refractivity contribution in [2.45, 2.75) is 59.0 Å². The highest BCUT2D eigenvalue weighted by Gasteiger charge is 2.03. The molecule has 2 aromatic carbocycles. The highest BCUT2D eigenvalue weighted by molar-refractivity contribution is 5.58. The minimum atomic E-state index is 0.509. The standard InChI is InChI=1S/C25H30N2O/c1-3-5-6-7-8-21-9-11-22(12-10-21)19-28-25-18-26-24(17-27-25)23-15-13-20(4-2)14-16-23/h9-18H,3-8,19H2,1-2H3. The maximum absolute atomic E-state index is 5.80. The van der Waals surface area contributed by atoms with Gasteiger partial charge in [-0.15, -0.1) is 0 Å². The summed E-state index contributed by atoms with van der Waals surface area (Å²) in [7, 11) is 0. The fourth-order valence-electron chi connectivity index (χ4n) is 3.17. The van der Waals surface area contributed by atoms with Gasteiger partial charge in [0.15, 0.2) is 0 Å². The Labute approximate surface area is 168 Å². The molecule has 0 unspecified atom stereocenters. The normalized spacial score (nSPS) is 10.8. The van der Waals surface area contributed by atoms with Crippen molar-refractivity contribution < 1.29 is 4.74 Å². The Kier molecular flexibility index (Phi) is 7.60. The van der Waals surface area contributed by atoms with E-state index in [0.29, 0.717) is 12.5 Å². The summed E-state index contributed by atoms with van der Waals surface area (Å²) in [5.41, 5.74) is 5.81. The third kappa shape index (κ3) is 5.91. The van der Waals surface area contributed by atoms with Crippen LogP contribution in [0.15, 0.2) is 60.9 Å². The zero-order valence-corrected chi connectivity index (χ0v) is 17.0. The van der Waals surface area contributed by atoms with E-state index in [2.05, 4.69) is 72.3 Å². The van der Waals surface area contributed by atoms with Crippen LogP contribution in [0.2, 0.25) is 0 Å². The zero-order valence-electron chi connectivity index (χ0n) is 17.0. The van der Waals surface area contributed by atoms with Crippen LogP contribution in [0.25, 0.3) is 11.3 Å². The summed E-state index contributed by atoms with van der Waals surface area (Å²) in [5, 5.41) is 0. The average Bonchev–Trinajstić information content (AvgIpc) is 2.76. The lowest BCUT2D eigenvalue weighted by Crippen LogP contribution is -1.98. The first-order valence-corrected chi connectivity index (χ1v) is 10.4. The first kappa shape index (κ1) is 20.1. The number of nitrogens with zero attached hydrogens (tertiary/aromatic N) is 2. The van der Waals surface area contributed by atoms with Gasteiger partial charge in [0.05, 0.1) is 18.1 Å². The molecule has 3 nitrogen and oxygen atoms in total. The molecule has 0 spiro atoms. The Bertz CT molecular complexity index is 824.